The maximum Gasteiger partial charge on any atom is 0.253 e. The fourth-order valence-corrected chi connectivity index (χ4v) is 2.61. The molecule has 1 aromatic carbocycles. The maximum absolute atomic E-state index is 12.4. The van der Waals surface area contributed by atoms with Crippen molar-refractivity contribution in [1.29, 1.82) is 0 Å². The zero-order valence-corrected chi connectivity index (χ0v) is 13.9. The lowest BCUT2D eigenvalue weighted by Gasteiger charge is -2.16. The summed E-state index contributed by atoms with van der Waals surface area (Å²) in [5.41, 5.74) is 2.31. The molecule has 1 aliphatic rings. The van der Waals surface area contributed by atoms with Gasteiger partial charge in [0.2, 0.25) is 5.91 Å². The molecule has 0 spiro atoms. The zero-order valence-electron chi connectivity index (χ0n) is 13.9. The Bertz CT molecular complexity index is 554. The number of nitrogens with one attached hydrogen (secondary N) is 2. The van der Waals surface area contributed by atoms with Crippen molar-refractivity contribution in [3.63, 3.8) is 0 Å². The molecule has 2 N–H and O–H groups in total. The number of anilines is 1. The second-order valence-corrected chi connectivity index (χ2v) is 5.75. The van der Waals surface area contributed by atoms with Gasteiger partial charge in [-0.25, -0.2) is 0 Å². The first kappa shape index (κ1) is 17.4. The van der Waals surface area contributed by atoms with E-state index < -0.39 is 0 Å². The van der Waals surface area contributed by atoms with Crippen LogP contribution in [0.1, 0.15) is 28.8 Å². The number of hydrogen-bond donors (Lipinski definition) is 2. The summed E-state index contributed by atoms with van der Waals surface area (Å²) in [6, 6.07) is 5.42. The average molecular weight is 319 g/mol. The van der Waals surface area contributed by atoms with Crippen molar-refractivity contribution in [2.24, 2.45) is 0 Å². The smallest absolute Gasteiger partial charge is 0.253 e. The Morgan fingerprint density at radius 1 is 1.26 bits per heavy atom. The Morgan fingerprint density at radius 3 is 2.65 bits per heavy atom. The van der Waals surface area contributed by atoms with E-state index in [0.717, 1.165) is 37.2 Å². The number of nitrogens with zero attached hydrogens (tertiary/aromatic N) is 1. The van der Waals surface area contributed by atoms with Gasteiger partial charge in [-0.2, -0.15) is 0 Å². The van der Waals surface area contributed by atoms with Gasteiger partial charge >= 0.3 is 0 Å². The normalized spacial score (nSPS) is 14.1. The highest BCUT2D eigenvalue weighted by molar-refractivity contribution is 5.97. The fourth-order valence-electron chi connectivity index (χ4n) is 2.61. The number of aryl methyl sites for hydroxylation is 1. The lowest BCUT2D eigenvalue weighted by molar-refractivity contribution is -0.115. The van der Waals surface area contributed by atoms with Crippen LogP contribution in [-0.2, 0) is 9.53 Å². The number of hydrogen-bond acceptors (Lipinski definition) is 4. The van der Waals surface area contributed by atoms with Crippen LogP contribution in [0.25, 0.3) is 0 Å². The third-order valence-electron chi connectivity index (χ3n) is 3.91. The Balaban J connectivity index is 1.91. The number of amides is 2. The van der Waals surface area contributed by atoms with Crippen LogP contribution in [-0.4, -0.2) is 56.6 Å². The first-order valence-corrected chi connectivity index (χ1v) is 8.01. The van der Waals surface area contributed by atoms with Crippen molar-refractivity contribution in [2.45, 2.75) is 19.8 Å². The molecule has 1 saturated heterocycles. The first-order valence-electron chi connectivity index (χ1n) is 8.01. The highest BCUT2D eigenvalue weighted by atomic mass is 16.5. The van der Waals surface area contributed by atoms with E-state index in [-0.39, 0.29) is 18.4 Å². The van der Waals surface area contributed by atoms with E-state index in [1.54, 1.807) is 19.2 Å². The lowest BCUT2D eigenvalue weighted by Crippen LogP contribution is -2.30. The Hall–Kier alpha value is -1.92. The second-order valence-electron chi connectivity index (χ2n) is 5.75. The molecule has 1 heterocycles. The summed E-state index contributed by atoms with van der Waals surface area (Å²) >= 11 is 0. The third-order valence-corrected chi connectivity index (χ3v) is 3.91. The van der Waals surface area contributed by atoms with Crippen LogP contribution < -0.4 is 10.6 Å². The molecule has 6 heteroatoms. The number of likely N-dealkylation sites (tertiary alicyclic amines) is 1. The molecule has 0 unspecified atom stereocenters. The van der Waals surface area contributed by atoms with Gasteiger partial charge in [0.1, 0.15) is 0 Å². The van der Waals surface area contributed by atoms with Gasteiger partial charge < -0.3 is 20.3 Å². The van der Waals surface area contributed by atoms with Crippen molar-refractivity contribution in [3.05, 3.63) is 29.3 Å². The Morgan fingerprint density at radius 2 is 2.00 bits per heavy atom. The number of benzene rings is 1. The summed E-state index contributed by atoms with van der Waals surface area (Å²) in [6.45, 7) is 5.00. The van der Waals surface area contributed by atoms with E-state index in [1.165, 1.54) is 0 Å². The molecule has 0 aliphatic carbocycles. The minimum Gasteiger partial charge on any atom is -0.383 e. The van der Waals surface area contributed by atoms with Crippen molar-refractivity contribution < 1.29 is 14.3 Å². The summed E-state index contributed by atoms with van der Waals surface area (Å²) in [5.74, 6) is -0.0347. The van der Waals surface area contributed by atoms with E-state index in [4.69, 9.17) is 4.74 Å². The molecule has 1 aromatic rings. The molecule has 23 heavy (non-hydrogen) atoms. The minimum atomic E-state index is -0.108. The zero-order chi connectivity index (χ0) is 16.7. The van der Waals surface area contributed by atoms with Gasteiger partial charge in [-0.3, -0.25) is 9.59 Å². The van der Waals surface area contributed by atoms with Crippen molar-refractivity contribution in [2.75, 3.05) is 45.2 Å². The quantitative estimate of drug-likeness (QED) is 0.746. The van der Waals surface area contributed by atoms with Gasteiger partial charge in [0, 0.05) is 38.0 Å². The molecule has 2 amide bonds. The van der Waals surface area contributed by atoms with Crippen LogP contribution in [0.2, 0.25) is 0 Å². The number of carbonyl (C=O) groups excluding carboxylic acids is 2. The highest BCUT2D eigenvalue weighted by Crippen LogP contribution is 2.19. The molecule has 0 radical (unpaired) electrons. The molecule has 1 fully saturated rings. The summed E-state index contributed by atoms with van der Waals surface area (Å²) in [5, 5.41) is 5.85. The molecule has 2 rings (SSSR count). The molecule has 126 valence electrons. The third kappa shape index (κ3) is 5.04. The second kappa shape index (κ2) is 8.64. The molecular weight excluding hydrogens is 294 g/mol. The van der Waals surface area contributed by atoms with E-state index in [1.807, 2.05) is 17.9 Å². The number of carbonyl (C=O) groups is 2. The van der Waals surface area contributed by atoms with Crippen LogP contribution in [0.3, 0.4) is 0 Å². The van der Waals surface area contributed by atoms with Crippen LogP contribution in [0.4, 0.5) is 5.69 Å². The first-order chi connectivity index (χ1) is 11.1. The van der Waals surface area contributed by atoms with Gasteiger partial charge in [0.25, 0.3) is 5.91 Å². The molecule has 0 atom stereocenters. The van der Waals surface area contributed by atoms with Crippen molar-refractivity contribution >= 4 is 17.5 Å². The van der Waals surface area contributed by atoms with Gasteiger partial charge in [-0.05, 0) is 43.5 Å². The topological polar surface area (TPSA) is 70.7 Å². The van der Waals surface area contributed by atoms with E-state index >= 15 is 0 Å². The van der Waals surface area contributed by atoms with Crippen LogP contribution in [0, 0.1) is 6.92 Å². The predicted molar refractivity (Wildman–Crippen MR) is 89.7 cm³/mol. The summed E-state index contributed by atoms with van der Waals surface area (Å²) in [6.07, 6.45) is 2.16. The van der Waals surface area contributed by atoms with Crippen LogP contribution >= 0.6 is 0 Å². The Kier molecular flexibility index (Phi) is 6.55. The molecule has 6 nitrogen and oxygen atoms in total. The number of rotatable bonds is 7. The molecular formula is C17H25N3O3. The van der Waals surface area contributed by atoms with Gasteiger partial charge in [0.05, 0.1) is 13.2 Å². The summed E-state index contributed by atoms with van der Waals surface area (Å²) < 4.78 is 4.91. The van der Waals surface area contributed by atoms with Crippen LogP contribution in [0.15, 0.2) is 18.2 Å². The summed E-state index contributed by atoms with van der Waals surface area (Å²) in [4.78, 5) is 26.1. The molecule has 0 bridgehead atoms. The highest BCUT2D eigenvalue weighted by Gasteiger charge is 2.19. The molecule has 1 aliphatic heterocycles. The van der Waals surface area contributed by atoms with Crippen LogP contribution in [0.5, 0.6) is 0 Å². The van der Waals surface area contributed by atoms with E-state index in [0.29, 0.717) is 18.7 Å². The summed E-state index contributed by atoms with van der Waals surface area (Å²) in [7, 11) is 1.62. The van der Waals surface area contributed by atoms with Gasteiger partial charge in [-0.15, -0.1) is 0 Å². The largest absolute Gasteiger partial charge is 0.383 e. The number of ether oxygens (including phenoxy) is 1. The molecule has 0 saturated carbocycles. The Labute approximate surface area is 137 Å². The molecule has 0 aromatic heterocycles. The SMILES string of the molecule is COCCNCC(=O)Nc1ccc(C(=O)N2CCCC2)cc1C. The monoisotopic (exact) mass is 319 g/mol. The van der Waals surface area contributed by atoms with Crippen molar-refractivity contribution in [3.8, 4) is 0 Å². The van der Waals surface area contributed by atoms with Gasteiger partial charge in [-0.1, -0.05) is 0 Å². The standard InChI is InChI=1S/C17H25N3O3/c1-13-11-14(17(22)20-8-3-4-9-20)5-6-15(13)19-16(21)12-18-7-10-23-2/h5-6,11,18H,3-4,7-10,12H2,1-2H3,(H,19,21). The van der Waals surface area contributed by atoms with Crippen molar-refractivity contribution in [1.82, 2.24) is 10.2 Å². The van der Waals surface area contributed by atoms with E-state index in [2.05, 4.69) is 10.6 Å². The number of methoxy groups -OCH3 is 1. The fraction of sp³-hybridized carbons (Fsp3) is 0.529. The maximum atomic E-state index is 12.4. The predicted octanol–water partition coefficient (Wildman–Crippen LogP) is 1.41. The average Bonchev–Trinajstić information content (AvgIpc) is 3.07. The minimum absolute atomic E-state index is 0.0738. The lowest BCUT2D eigenvalue weighted by atomic mass is 10.1. The van der Waals surface area contributed by atoms with E-state index in [9.17, 15) is 9.59 Å². The van der Waals surface area contributed by atoms with Gasteiger partial charge in [0.15, 0.2) is 0 Å².